The lowest BCUT2D eigenvalue weighted by molar-refractivity contribution is 0.0968. The number of carbonyl (C=O) groups is 1. The molecule has 1 aliphatic heterocycles. The molecular weight excluding hydrogens is 224 g/mol. The maximum Gasteiger partial charge on any atom is 0.191 e. The first kappa shape index (κ1) is 11.0. The van der Waals surface area contributed by atoms with E-state index in [-0.39, 0.29) is 11.8 Å². The number of rotatable bonds is 3. The molecule has 5 heteroatoms. The van der Waals surface area contributed by atoms with Gasteiger partial charge in [-0.1, -0.05) is 23.9 Å². The summed E-state index contributed by atoms with van der Waals surface area (Å²) in [4.78, 5) is 16.2. The van der Waals surface area contributed by atoms with Gasteiger partial charge in [0.05, 0.1) is 12.7 Å². The zero-order valence-electron chi connectivity index (χ0n) is 8.84. The van der Waals surface area contributed by atoms with Crippen LogP contribution < -0.4 is 10.5 Å². The SMILES string of the molecule is COc1ccccc1C(=O)C1CSC(N)=N1. The van der Waals surface area contributed by atoms with Gasteiger partial charge in [-0.25, -0.2) is 0 Å². The van der Waals surface area contributed by atoms with Crippen LogP contribution in [0.4, 0.5) is 0 Å². The fraction of sp³-hybridized carbons (Fsp3) is 0.273. The van der Waals surface area contributed by atoms with Crippen molar-refractivity contribution in [1.29, 1.82) is 0 Å². The van der Waals surface area contributed by atoms with Gasteiger partial charge in [0.15, 0.2) is 11.0 Å². The van der Waals surface area contributed by atoms with Gasteiger partial charge in [-0.3, -0.25) is 9.79 Å². The van der Waals surface area contributed by atoms with Gasteiger partial charge >= 0.3 is 0 Å². The van der Waals surface area contributed by atoms with Crippen LogP contribution in [0, 0.1) is 0 Å². The number of ether oxygens (including phenoxy) is 1. The lowest BCUT2D eigenvalue weighted by Crippen LogP contribution is -2.19. The summed E-state index contributed by atoms with van der Waals surface area (Å²) in [6.45, 7) is 0. The molecule has 0 saturated carbocycles. The largest absolute Gasteiger partial charge is 0.496 e. The van der Waals surface area contributed by atoms with Gasteiger partial charge in [0.25, 0.3) is 0 Å². The summed E-state index contributed by atoms with van der Waals surface area (Å²) in [5.74, 6) is 1.16. The van der Waals surface area contributed by atoms with Gasteiger partial charge in [0.2, 0.25) is 0 Å². The Kier molecular flexibility index (Phi) is 3.14. The minimum atomic E-state index is -0.374. The minimum Gasteiger partial charge on any atom is -0.496 e. The number of carbonyl (C=O) groups excluding carboxylic acids is 1. The van der Waals surface area contributed by atoms with Gasteiger partial charge in [0, 0.05) is 5.75 Å². The summed E-state index contributed by atoms with van der Waals surface area (Å²) in [5, 5.41) is 0.480. The van der Waals surface area contributed by atoms with E-state index < -0.39 is 0 Å². The number of amidine groups is 1. The predicted molar refractivity (Wildman–Crippen MR) is 65.2 cm³/mol. The van der Waals surface area contributed by atoms with Crippen LogP contribution in [-0.2, 0) is 0 Å². The molecule has 1 unspecified atom stereocenters. The molecule has 2 rings (SSSR count). The fourth-order valence-corrected chi connectivity index (χ4v) is 2.31. The van der Waals surface area contributed by atoms with E-state index in [0.717, 1.165) is 0 Å². The van der Waals surface area contributed by atoms with Gasteiger partial charge in [-0.2, -0.15) is 0 Å². The molecule has 1 aromatic rings. The van der Waals surface area contributed by atoms with Crippen LogP contribution in [0.25, 0.3) is 0 Å². The van der Waals surface area contributed by atoms with Crippen LogP contribution in [0.15, 0.2) is 29.3 Å². The molecule has 0 radical (unpaired) electrons. The maximum atomic E-state index is 12.1. The molecule has 1 heterocycles. The van der Waals surface area contributed by atoms with Gasteiger partial charge in [0.1, 0.15) is 11.8 Å². The number of benzene rings is 1. The highest BCUT2D eigenvalue weighted by atomic mass is 32.2. The molecule has 4 nitrogen and oxygen atoms in total. The standard InChI is InChI=1S/C11H12N2O2S/c1-15-9-5-3-2-4-7(9)10(14)8-6-16-11(12)13-8/h2-5,8H,6H2,1H3,(H2,12,13). The molecule has 2 N–H and O–H groups in total. The van der Waals surface area contributed by atoms with Crippen LogP contribution in [0.1, 0.15) is 10.4 Å². The monoisotopic (exact) mass is 236 g/mol. The molecule has 0 spiro atoms. The van der Waals surface area contributed by atoms with Crippen molar-refractivity contribution in [2.75, 3.05) is 12.9 Å². The number of aliphatic imine (C=N–C) groups is 1. The molecule has 16 heavy (non-hydrogen) atoms. The molecule has 1 aliphatic rings. The Bertz CT molecular complexity index is 445. The molecular formula is C11H12N2O2S. The highest BCUT2D eigenvalue weighted by Crippen LogP contribution is 2.24. The van der Waals surface area contributed by atoms with Crippen molar-refractivity contribution >= 4 is 22.7 Å². The molecule has 0 amide bonds. The van der Waals surface area contributed by atoms with Crippen LogP contribution in [-0.4, -0.2) is 29.9 Å². The van der Waals surface area contributed by atoms with Crippen LogP contribution >= 0.6 is 11.8 Å². The molecule has 0 fully saturated rings. The Morgan fingerprint density at radius 3 is 2.94 bits per heavy atom. The van der Waals surface area contributed by atoms with E-state index in [1.807, 2.05) is 12.1 Å². The number of para-hydroxylation sites is 1. The van der Waals surface area contributed by atoms with Crippen LogP contribution in [0.3, 0.4) is 0 Å². The van der Waals surface area contributed by atoms with Crippen LogP contribution in [0.5, 0.6) is 5.75 Å². The zero-order chi connectivity index (χ0) is 11.5. The van der Waals surface area contributed by atoms with Crippen LogP contribution in [0.2, 0.25) is 0 Å². The Labute approximate surface area is 97.9 Å². The third kappa shape index (κ3) is 2.04. The summed E-state index contributed by atoms with van der Waals surface area (Å²) in [7, 11) is 1.55. The first-order valence-electron chi connectivity index (χ1n) is 4.85. The summed E-state index contributed by atoms with van der Waals surface area (Å²) in [5.41, 5.74) is 6.10. The molecule has 1 atom stereocenters. The van der Waals surface area contributed by atoms with E-state index in [0.29, 0.717) is 22.2 Å². The Morgan fingerprint density at radius 1 is 1.56 bits per heavy atom. The van der Waals surface area contributed by atoms with E-state index in [2.05, 4.69) is 4.99 Å². The predicted octanol–water partition coefficient (Wildman–Crippen LogP) is 1.31. The number of methoxy groups -OCH3 is 1. The first-order chi connectivity index (χ1) is 7.72. The number of hydrogen-bond donors (Lipinski definition) is 1. The van der Waals surface area contributed by atoms with Crippen molar-refractivity contribution in [1.82, 2.24) is 0 Å². The Hall–Kier alpha value is -1.49. The van der Waals surface area contributed by atoms with Gasteiger partial charge in [-0.05, 0) is 12.1 Å². The quantitative estimate of drug-likeness (QED) is 0.804. The van der Waals surface area contributed by atoms with E-state index >= 15 is 0 Å². The lowest BCUT2D eigenvalue weighted by Gasteiger charge is -2.09. The molecule has 0 saturated heterocycles. The lowest BCUT2D eigenvalue weighted by atomic mass is 10.0. The smallest absolute Gasteiger partial charge is 0.191 e. The average molecular weight is 236 g/mol. The molecule has 0 aliphatic carbocycles. The van der Waals surface area contributed by atoms with E-state index in [9.17, 15) is 4.79 Å². The summed E-state index contributed by atoms with van der Waals surface area (Å²) >= 11 is 1.41. The second-order valence-electron chi connectivity index (χ2n) is 3.36. The molecule has 0 aromatic heterocycles. The number of Topliss-reactive ketones (excluding diaryl/α,β-unsaturated/α-hetero) is 1. The van der Waals surface area contributed by atoms with Crippen molar-refractivity contribution in [2.24, 2.45) is 10.7 Å². The number of nitrogens with zero attached hydrogens (tertiary/aromatic N) is 1. The summed E-state index contributed by atoms with van der Waals surface area (Å²) in [6, 6.07) is 6.78. The Morgan fingerprint density at radius 2 is 2.31 bits per heavy atom. The second kappa shape index (κ2) is 4.57. The highest BCUT2D eigenvalue weighted by Gasteiger charge is 2.26. The average Bonchev–Trinajstić information content (AvgIpc) is 2.75. The number of ketones is 1. The van der Waals surface area contributed by atoms with Crippen molar-refractivity contribution in [2.45, 2.75) is 6.04 Å². The maximum absolute atomic E-state index is 12.1. The second-order valence-corrected chi connectivity index (χ2v) is 4.40. The number of thioether (sulfide) groups is 1. The zero-order valence-corrected chi connectivity index (χ0v) is 9.66. The summed E-state index contributed by atoms with van der Waals surface area (Å²) < 4.78 is 5.15. The van der Waals surface area contributed by atoms with E-state index in [4.69, 9.17) is 10.5 Å². The number of hydrogen-bond acceptors (Lipinski definition) is 5. The van der Waals surface area contributed by atoms with Crippen molar-refractivity contribution in [3.63, 3.8) is 0 Å². The third-order valence-corrected chi connectivity index (χ3v) is 3.23. The topological polar surface area (TPSA) is 64.7 Å². The summed E-state index contributed by atoms with van der Waals surface area (Å²) in [6.07, 6.45) is 0. The third-order valence-electron chi connectivity index (χ3n) is 2.35. The van der Waals surface area contributed by atoms with Gasteiger partial charge in [-0.15, -0.1) is 0 Å². The Balaban J connectivity index is 2.27. The van der Waals surface area contributed by atoms with E-state index in [1.54, 1.807) is 19.2 Å². The van der Waals surface area contributed by atoms with Crippen molar-refractivity contribution < 1.29 is 9.53 Å². The highest BCUT2D eigenvalue weighted by molar-refractivity contribution is 8.14. The van der Waals surface area contributed by atoms with Crippen molar-refractivity contribution in [3.05, 3.63) is 29.8 Å². The van der Waals surface area contributed by atoms with Gasteiger partial charge < -0.3 is 10.5 Å². The minimum absolute atomic E-state index is 0.0367. The number of nitrogens with two attached hydrogens (primary N) is 1. The van der Waals surface area contributed by atoms with Crippen molar-refractivity contribution in [3.8, 4) is 5.75 Å². The molecule has 0 bridgehead atoms. The molecule has 84 valence electrons. The fourth-order valence-electron chi connectivity index (χ4n) is 1.55. The first-order valence-corrected chi connectivity index (χ1v) is 5.84. The molecule has 1 aromatic carbocycles. The normalized spacial score (nSPS) is 19.3. The van der Waals surface area contributed by atoms with E-state index in [1.165, 1.54) is 11.8 Å².